The van der Waals surface area contributed by atoms with Crippen LogP contribution in [0.5, 0.6) is 0 Å². The lowest BCUT2D eigenvalue weighted by Crippen LogP contribution is -2.43. The van der Waals surface area contributed by atoms with Crippen LogP contribution in [-0.4, -0.2) is 64.3 Å². The summed E-state index contributed by atoms with van der Waals surface area (Å²) in [5.41, 5.74) is 2.59. The summed E-state index contributed by atoms with van der Waals surface area (Å²) in [6.07, 6.45) is 1.18. The minimum absolute atomic E-state index is 0. The number of rotatable bonds is 7. The summed E-state index contributed by atoms with van der Waals surface area (Å²) < 4.78 is 5.28. The second-order valence-corrected chi connectivity index (χ2v) is 6.45. The molecule has 1 aliphatic rings. The number of ether oxygens (including phenoxy) is 1. The van der Waals surface area contributed by atoms with Gasteiger partial charge < -0.3 is 19.9 Å². The van der Waals surface area contributed by atoms with E-state index >= 15 is 0 Å². The van der Waals surface area contributed by atoms with Crippen LogP contribution in [0.15, 0.2) is 29.3 Å². The van der Waals surface area contributed by atoms with Crippen molar-refractivity contribution in [2.75, 3.05) is 58.4 Å². The zero-order chi connectivity index (χ0) is 17.4. The number of benzene rings is 1. The van der Waals surface area contributed by atoms with Crippen molar-refractivity contribution in [1.82, 2.24) is 10.2 Å². The average molecular weight is 460 g/mol. The van der Waals surface area contributed by atoms with E-state index in [1.165, 1.54) is 17.7 Å². The molecule has 0 spiro atoms. The van der Waals surface area contributed by atoms with Gasteiger partial charge in [-0.15, -0.1) is 24.0 Å². The Bertz CT molecular complexity index is 538. The number of methoxy groups -OCH3 is 1. The maximum Gasteiger partial charge on any atom is 0.193 e. The highest BCUT2D eigenvalue weighted by Gasteiger charge is 2.24. The summed E-state index contributed by atoms with van der Waals surface area (Å²) in [6, 6.07) is 8.69. The minimum Gasteiger partial charge on any atom is -0.384 e. The minimum atomic E-state index is 0. The molecular formula is C19H33IN4O. The van der Waals surface area contributed by atoms with E-state index < -0.39 is 0 Å². The number of nitrogens with zero attached hydrogens (tertiary/aromatic N) is 3. The molecule has 142 valence electrons. The van der Waals surface area contributed by atoms with Crippen LogP contribution < -0.4 is 10.2 Å². The van der Waals surface area contributed by atoms with Crippen molar-refractivity contribution in [1.29, 1.82) is 0 Å². The predicted molar refractivity (Wildman–Crippen MR) is 117 cm³/mol. The van der Waals surface area contributed by atoms with E-state index in [0.717, 1.165) is 45.3 Å². The van der Waals surface area contributed by atoms with Crippen LogP contribution in [0.1, 0.15) is 18.9 Å². The molecule has 0 aromatic heterocycles. The van der Waals surface area contributed by atoms with Crippen molar-refractivity contribution < 1.29 is 4.74 Å². The Labute approximate surface area is 169 Å². The SMILES string of the molecule is CCN(CCNC(=NC)N1CCC(COC)C1)c1cccc(C)c1.I. The lowest BCUT2D eigenvalue weighted by Gasteiger charge is -2.26. The molecular weight excluding hydrogens is 427 g/mol. The fourth-order valence-corrected chi connectivity index (χ4v) is 3.33. The number of nitrogens with one attached hydrogen (secondary N) is 1. The normalized spacial score (nSPS) is 17.4. The molecule has 1 aromatic carbocycles. The molecule has 1 heterocycles. The lowest BCUT2D eigenvalue weighted by molar-refractivity contribution is 0.157. The molecule has 5 nitrogen and oxygen atoms in total. The Morgan fingerprint density at radius 3 is 2.88 bits per heavy atom. The van der Waals surface area contributed by atoms with Gasteiger partial charge in [0.05, 0.1) is 6.61 Å². The van der Waals surface area contributed by atoms with Gasteiger partial charge in [0.2, 0.25) is 0 Å². The van der Waals surface area contributed by atoms with Crippen LogP contribution in [0.25, 0.3) is 0 Å². The zero-order valence-corrected chi connectivity index (χ0v) is 18.3. The van der Waals surface area contributed by atoms with Crippen LogP contribution >= 0.6 is 24.0 Å². The van der Waals surface area contributed by atoms with Crippen LogP contribution in [-0.2, 0) is 4.74 Å². The number of guanidine groups is 1. The summed E-state index contributed by atoms with van der Waals surface area (Å²) in [7, 11) is 3.64. The Morgan fingerprint density at radius 1 is 1.44 bits per heavy atom. The molecule has 2 rings (SSSR count). The first-order valence-corrected chi connectivity index (χ1v) is 8.94. The van der Waals surface area contributed by atoms with Gasteiger partial charge in [-0.25, -0.2) is 0 Å². The van der Waals surface area contributed by atoms with Crippen molar-refractivity contribution in [3.63, 3.8) is 0 Å². The van der Waals surface area contributed by atoms with Gasteiger partial charge >= 0.3 is 0 Å². The number of halogens is 1. The van der Waals surface area contributed by atoms with E-state index in [2.05, 4.69) is 58.2 Å². The highest BCUT2D eigenvalue weighted by atomic mass is 127. The van der Waals surface area contributed by atoms with Gasteiger partial charge in [-0.2, -0.15) is 0 Å². The monoisotopic (exact) mass is 460 g/mol. The number of hydrogen-bond acceptors (Lipinski definition) is 3. The van der Waals surface area contributed by atoms with Gasteiger partial charge in [0.1, 0.15) is 0 Å². The molecule has 1 saturated heterocycles. The Balaban J connectivity index is 0.00000312. The third-order valence-electron chi connectivity index (χ3n) is 4.61. The molecule has 1 atom stereocenters. The van der Waals surface area contributed by atoms with E-state index in [0.29, 0.717) is 5.92 Å². The van der Waals surface area contributed by atoms with Crippen molar-refractivity contribution in [2.45, 2.75) is 20.3 Å². The Kier molecular flexibility index (Phi) is 10.2. The van der Waals surface area contributed by atoms with Crippen molar-refractivity contribution >= 4 is 35.6 Å². The van der Waals surface area contributed by atoms with Gasteiger partial charge in [0, 0.05) is 58.5 Å². The molecule has 1 aromatic rings. The van der Waals surface area contributed by atoms with Gasteiger partial charge in [-0.05, 0) is 38.0 Å². The number of aliphatic imine (C=N–C) groups is 1. The van der Waals surface area contributed by atoms with E-state index in [9.17, 15) is 0 Å². The molecule has 1 N–H and O–H groups in total. The number of hydrogen-bond donors (Lipinski definition) is 1. The molecule has 6 heteroatoms. The Hall–Kier alpha value is -1.02. The number of likely N-dealkylation sites (N-methyl/N-ethyl adjacent to an activating group) is 1. The standard InChI is InChI=1S/C19H32N4O.HI/c1-5-22(18-8-6-7-16(2)13-18)12-10-21-19(20-3)23-11-9-17(14-23)15-24-4;/h6-8,13,17H,5,9-12,14-15H2,1-4H3,(H,20,21);1H. The smallest absolute Gasteiger partial charge is 0.193 e. The average Bonchev–Trinajstić information content (AvgIpc) is 3.04. The van der Waals surface area contributed by atoms with Crippen LogP contribution in [0.2, 0.25) is 0 Å². The number of aryl methyl sites for hydroxylation is 1. The van der Waals surface area contributed by atoms with Gasteiger partial charge in [-0.3, -0.25) is 4.99 Å². The lowest BCUT2D eigenvalue weighted by atomic mass is 10.1. The second-order valence-electron chi connectivity index (χ2n) is 6.45. The molecule has 1 fully saturated rings. The first-order chi connectivity index (χ1) is 11.7. The van der Waals surface area contributed by atoms with Gasteiger partial charge in [0.25, 0.3) is 0 Å². The molecule has 0 radical (unpaired) electrons. The Morgan fingerprint density at radius 2 is 2.24 bits per heavy atom. The highest BCUT2D eigenvalue weighted by Crippen LogP contribution is 2.17. The maximum atomic E-state index is 5.28. The molecule has 1 unspecified atom stereocenters. The summed E-state index contributed by atoms with van der Waals surface area (Å²) in [5.74, 6) is 1.63. The van der Waals surface area contributed by atoms with Crippen molar-refractivity contribution in [3.05, 3.63) is 29.8 Å². The summed E-state index contributed by atoms with van der Waals surface area (Å²) in [4.78, 5) is 9.18. The first kappa shape index (κ1) is 22.0. The number of likely N-dealkylation sites (tertiary alicyclic amines) is 1. The fourth-order valence-electron chi connectivity index (χ4n) is 3.33. The van der Waals surface area contributed by atoms with E-state index in [4.69, 9.17) is 4.74 Å². The molecule has 25 heavy (non-hydrogen) atoms. The van der Waals surface area contributed by atoms with Crippen LogP contribution in [0, 0.1) is 12.8 Å². The summed E-state index contributed by atoms with van der Waals surface area (Å²) in [6.45, 7) is 10.1. The number of anilines is 1. The second kappa shape index (κ2) is 11.6. The molecule has 1 aliphatic heterocycles. The predicted octanol–water partition coefficient (Wildman–Crippen LogP) is 2.98. The van der Waals surface area contributed by atoms with Crippen molar-refractivity contribution in [2.24, 2.45) is 10.9 Å². The van der Waals surface area contributed by atoms with E-state index in [1.54, 1.807) is 7.11 Å². The zero-order valence-electron chi connectivity index (χ0n) is 16.0. The van der Waals surface area contributed by atoms with E-state index in [1.807, 2.05) is 7.05 Å². The summed E-state index contributed by atoms with van der Waals surface area (Å²) in [5, 5.41) is 3.52. The van der Waals surface area contributed by atoms with Crippen molar-refractivity contribution in [3.8, 4) is 0 Å². The van der Waals surface area contributed by atoms with Crippen LogP contribution in [0.3, 0.4) is 0 Å². The van der Waals surface area contributed by atoms with E-state index in [-0.39, 0.29) is 24.0 Å². The van der Waals surface area contributed by atoms with Crippen LogP contribution in [0.4, 0.5) is 5.69 Å². The maximum absolute atomic E-state index is 5.28. The molecule has 0 aliphatic carbocycles. The van der Waals surface area contributed by atoms with Gasteiger partial charge in [0.15, 0.2) is 5.96 Å². The highest BCUT2D eigenvalue weighted by molar-refractivity contribution is 14.0. The topological polar surface area (TPSA) is 40.1 Å². The molecule has 0 amide bonds. The fraction of sp³-hybridized carbons (Fsp3) is 0.632. The third-order valence-corrected chi connectivity index (χ3v) is 4.61. The third kappa shape index (κ3) is 6.66. The van der Waals surface area contributed by atoms with Gasteiger partial charge in [-0.1, -0.05) is 12.1 Å². The molecule has 0 bridgehead atoms. The first-order valence-electron chi connectivity index (χ1n) is 8.94. The quantitative estimate of drug-likeness (QED) is 0.386. The molecule has 0 saturated carbocycles. The largest absolute Gasteiger partial charge is 0.384 e. The summed E-state index contributed by atoms with van der Waals surface area (Å²) >= 11 is 0.